The zero-order valence-electron chi connectivity index (χ0n) is 21.2. The molecule has 12 nitrogen and oxygen atoms in total. The lowest BCUT2D eigenvalue weighted by Crippen LogP contribution is -2.50. The van der Waals surface area contributed by atoms with E-state index in [1.54, 1.807) is 31.2 Å². The van der Waals surface area contributed by atoms with Crippen molar-refractivity contribution in [1.29, 1.82) is 0 Å². The number of benzene rings is 1. The lowest BCUT2D eigenvalue weighted by atomic mass is 10.0. The van der Waals surface area contributed by atoms with E-state index >= 15 is 0 Å². The Hall–Kier alpha value is -3.93. The van der Waals surface area contributed by atoms with Crippen molar-refractivity contribution in [2.24, 2.45) is 0 Å². The first kappa shape index (κ1) is 29.3. The van der Waals surface area contributed by atoms with Gasteiger partial charge in [-0.15, -0.1) is 0 Å². The maximum atomic E-state index is 12.7. The Balaban J connectivity index is 2.34. The number of amides is 1. The second-order valence-corrected chi connectivity index (χ2v) is 8.16. The second kappa shape index (κ2) is 14.0. The molecule has 1 aromatic carbocycles. The van der Waals surface area contributed by atoms with Gasteiger partial charge in [-0.25, -0.2) is 4.79 Å². The van der Waals surface area contributed by atoms with E-state index < -0.39 is 66.7 Å². The van der Waals surface area contributed by atoms with E-state index in [2.05, 4.69) is 5.32 Å². The summed E-state index contributed by atoms with van der Waals surface area (Å²) in [7, 11) is 0. The smallest absolute Gasteiger partial charge is 0.408 e. The summed E-state index contributed by atoms with van der Waals surface area (Å²) in [5, 5.41) is 2.60. The molecular weight excluding hydrogens is 490 g/mol. The molecule has 0 saturated carbocycles. The van der Waals surface area contributed by atoms with Crippen LogP contribution in [0, 0.1) is 0 Å². The standard InChI is InChI=1S/C25H31NO11/c1-14(33-15(2)27)11-12-20(26-25(31)32-13-19-9-7-6-8-10-19)21-22(34-16(3)28)23(35-17(4)29)24(37-21)36-18(5)30/h6-12,14,20-24H,13H2,1-5H3,(H,26,31)/b12-11+/t14-,20-,21-,22-,23-,24?/m1/s1. The largest absolute Gasteiger partial charge is 0.459 e. The monoisotopic (exact) mass is 521 g/mol. The van der Waals surface area contributed by atoms with Crippen LogP contribution in [0.5, 0.6) is 0 Å². The van der Waals surface area contributed by atoms with Crippen molar-refractivity contribution in [1.82, 2.24) is 5.32 Å². The number of hydrogen-bond donors (Lipinski definition) is 1. The summed E-state index contributed by atoms with van der Waals surface area (Å²) in [5.41, 5.74) is 0.743. The predicted molar refractivity (Wildman–Crippen MR) is 125 cm³/mol. The van der Waals surface area contributed by atoms with Crippen molar-refractivity contribution in [3.8, 4) is 0 Å². The van der Waals surface area contributed by atoms with Gasteiger partial charge < -0.3 is 33.7 Å². The van der Waals surface area contributed by atoms with Gasteiger partial charge in [0.2, 0.25) is 12.4 Å². The molecular formula is C25H31NO11. The second-order valence-electron chi connectivity index (χ2n) is 8.16. The number of carbonyl (C=O) groups excluding carboxylic acids is 5. The van der Waals surface area contributed by atoms with Gasteiger partial charge >= 0.3 is 30.0 Å². The molecule has 1 saturated heterocycles. The van der Waals surface area contributed by atoms with E-state index in [-0.39, 0.29) is 6.61 Å². The third kappa shape index (κ3) is 9.92. The number of rotatable bonds is 10. The molecule has 1 unspecified atom stereocenters. The van der Waals surface area contributed by atoms with Gasteiger partial charge in [-0.2, -0.15) is 0 Å². The first-order valence-electron chi connectivity index (χ1n) is 11.5. The lowest BCUT2D eigenvalue weighted by Gasteiger charge is -2.27. The normalized spacial score (nSPS) is 22.4. The highest BCUT2D eigenvalue weighted by Crippen LogP contribution is 2.31. The number of carbonyl (C=O) groups is 5. The van der Waals surface area contributed by atoms with E-state index in [0.717, 1.165) is 26.3 Å². The van der Waals surface area contributed by atoms with Gasteiger partial charge in [0.25, 0.3) is 0 Å². The Bertz CT molecular complexity index is 994. The molecule has 1 aliphatic rings. The van der Waals surface area contributed by atoms with E-state index in [4.69, 9.17) is 28.4 Å². The molecule has 1 aliphatic heterocycles. The zero-order valence-corrected chi connectivity index (χ0v) is 21.2. The van der Waals surface area contributed by atoms with Crippen LogP contribution in [0.1, 0.15) is 40.2 Å². The molecule has 202 valence electrons. The van der Waals surface area contributed by atoms with Crippen LogP contribution < -0.4 is 5.32 Å². The Morgan fingerprint density at radius 3 is 2.03 bits per heavy atom. The molecule has 0 aromatic heterocycles. The molecule has 0 spiro atoms. The van der Waals surface area contributed by atoms with Crippen LogP contribution in [0.25, 0.3) is 0 Å². The molecule has 1 amide bonds. The molecule has 0 aliphatic carbocycles. The van der Waals surface area contributed by atoms with Gasteiger partial charge in [-0.1, -0.05) is 36.4 Å². The van der Waals surface area contributed by atoms with E-state index in [9.17, 15) is 24.0 Å². The fraction of sp³-hybridized carbons (Fsp3) is 0.480. The third-order valence-electron chi connectivity index (χ3n) is 4.89. The molecule has 1 aromatic rings. The van der Waals surface area contributed by atoms with Gasteiger partial charge in [0, 0.05) is 27.7 Å². The van der Waals surface area contributed by atoms with Crippen LogP contribution in [0.2, 0.25) is 0 Å². The van der Waals surface area contributed by atoms with Crippen molar-refractivity contribution < 1.29 is 52.4 Å². The quantitative estimate of drug-likeness (QED) is 0.273. The molecule has 1 fully saturated rings. The number of nitrogens with one attached hydrogen (secondary N) is 1. The van der Waals surface area contributed by atoms with Gasteiger partial charge in [0.1, 0.15) is 18.8 Å². The Kier molecular flexibility index (Phi) is 11.1. The summed E-state index contributed by atoms with van der Waals surface area (Å²) >= 11 is 0. The fourth-order valence-corrected chi connectivity index (χ4v) is 3.56. The SMILES string of the molecule is CC(=O)OC1O[C@H]([C@@H](/C=C/[C@@H](C)OC(C)=O)NC(=O)OCc2ccccc2)[C@@H](OC(C)=O)[C@H]1OC(C)=O. The summed E-state index contributed by atoms with van der Waals surface area (Å²) in [6.45, 7) is 6.19. The molecule has 2 rings (SSSR count). The Morgan fingerprint density at radius 2 is 1.46 bits per heavy atom. The fourth-order valence-electron chi connectivity index (χ4n) is 3.56. The van der Waals surface area contributed by atoms with Crippen molar-refractivity contribution in [3.05, 3.63) is 48.0 Å². The average molecular weight is 522 g/mol. The average Bonchev–Trinajstić information content (AvgIpc) is 3.10. The molecule has 0 bridgehead atoms. The maximum absolute atomic E-state index is 12.7. The third-order valence-corrected chi connectivity index (χ3v) is 4.89. The van der Waals surface area contributed by atoms with Gasteiger partial charge in [-0.05, 0) is 18.6 Å². The van der Waals surface area contributed by atoms with Crippen molar-refractivity contribution in [2.75, 3.05) is 0 Å². The van der Waals surface area contributed by atoms with Crippen LogP contribution in [-0.4, -0.2) is 66.7 Å². The highest BCUT2D eigenvalue weighted by Gasteiger charge is 2.53. The number of hydrogen-bond acceptors (Lipinski definition) is 11. The lowest BCUT2D eigenvalue weighted by molar-refractivity contribution is -0.195. The topological polar surface area (TPSA) is 153 Å². The van der Waals surface area contributed by atoms with Crippen LogP contribution in [0.4, 0.5) is 4.79 Å². The van der Waals surface area contributed by atoms with Gasteiger partial charge in [0.05, 0.1) is 6.04 Å². The van der Waals surface area contributed by atoms with E-state index in [0.29, 0.717) is 0 Å². The number of alkyl carbamates (subject to hydrolysis) is 1. The first-order chi connectivity index (χ1) is 17.5. The highest BCUT2D eigenvalue weighted by molar-refractivity contribution is 5.69. The summed E-state index contributed by atoms with van der Waals surface area (Å²) in [6, 6.07) is 7.88. The molecule has 12 heteroatoms. The van der Waals surface area contributed by atoms with E-state index in [1.807, 2.05) is 6.07 Å². The van der Waals surface area contributed by atoms with Gasteiger partial charge in [-0.3, -0.25) is 19.2 Å². The van der Waals surface area contributed by atoms with Crippen LogP contribution >= 0.6 is 0 Å². The van der Waals surface area contributed by atoms with E-state index in [1.165, 1.54) is 19.1 Å². The zero-order chi connectivity index (χ0) is 27.5. The number of esters is 4. The summed E-state index contributed by atoms with van der Waals surface area (Å²) < 4.78 is 31.9. The summed E-state index contributed by atoms with van der Waals surface area (Å²) in [6.07, 6.45) is -3.84. The molecule has 6 atom stereocenters. The molecule has 1 heterocycles. The van der Waals surface area contributed by atoms with Crippen molar-refractivity contribution in [2.45, 2.75) is 78.0 Å². The van der Waals surface area contributed by atoms with Crippen molar-refractivity contribution >= 4 is 30.0 Å². The van der Waals surface area contributed by atoms with Crippen LogP contribution in [0.15, 0.2) is 42.5 Å². The molecule has 0 radical (unpaired) electrons. The minimum Gasteiger partial charge on any atom is -0.459 e. The predicted octanol–water partition coefficient (Wildman–Crippen LogP) is 1.94. The first-order valence-corrected chi connectivity index (χ1v) is 11.5. The maximum Gasteiger partial charge on any atom is 0.408 e. The minimum absolute atomic E-state index is 0.0298. The molecule has 37 heavy (non-hydrogen) atoms. The van der Waals surface area contributed by atoms with Gasteiger partial charge in [0.15, 0.2) is 6.10 Å². The highest BCUT2D eigenvalue weighted by atomic mass is 16.7. The Morgan fingerprint density at radius 1 is 0.865 bits per heavy atom. The van der Waals surface area contributed by atoms with Crippen LogP contribution in [-0.2, 0) is 54.2 Å². The summed E-state index contributed by atoms with van der Waals surface area (Å²) in [4.78, 5) is 59.2. The number of ether oxygens (including phenoxy) is 6. The molecule has 1 N–H and O–H groups in total. The Labute approximate surface area is 214 Å². The minimum atomic E-state index is -1.43. The summed E-state index contributed by atoms with van der Waals surface area (Å²) in [5.74, 6) is -2.74. The van der Waals surface area contributed by atoms with Crippen LogP contribution in [0.3, 0.4) is 0 Å². The van der Waals surface area contributed by atoms with Crippen molar-refractivity contribution in [3.63, 3.8) is 0 Å².